The molecule has 0 saturated carbocycles. The molecule has 0 aliphatic rings. The lowest BCUT2D eigenvalue weighted by Crippen LogP contribution is -2.53. The third-order valence-corrected chi connectivity index (χ3v) is 8.07. The number of nitrogens with one attached hydrogen (secondary N) is 1. The second-order valence-corrected chi connectivity index (χ2v) is 11.6. The van der Waals surface area contributed by atoms with Gasteiger partial charge in [0, 0.05) is 36.4 Å². The van der Waals surface area contributed by atoms with Crippen LogP contribution in [0.25, 0.3) is 0 Å². The van der Waals surface area contributed by atoms with E-state index in [0.717, 1.165) is 23.4 Å². The molecule has 0 saturated heterocycles. The maximum atomic E-state index is 13.5. The second kappa shape index (κ2) is 16.7. The van der Waals surface area contributed by atoms with E-state index in [1.54, 1.807) is 24.1 Å². The maximum Gasteiger partial charge on any atom is 0.293 e. The van der Waals surface area contributed by atoms with Crippen LogP contribution in [0.4, 0.5) is 15.8 Å². The Morgan fingerprint density at radius 3 is 2.33 bits per heavy atom. The molecular formula is C32H41FN4O4S. The molecule has 0 aliphatic heterocycles. The minimum atomic E-state index is -1.15. The Morgan fingerprint density at radius 2 is 1.71 bits per heavy atom. The molecule has 0 bridgehead atoms. The van der Waals surface area contributed by atoms with Crippen molar-refractivity contribution in [2.45, 2.75) is 49.8 Å². The summed E-state index contributed by atoms with van der Waals surface area (Å²) in [5.74, 6) is -0.524. The number of nitrogens with two attached hydrogens (primary N) is 1. The standard InChI is InChI=1S/C32H41FN4O4S/c1-4-23(2)19-37(42-28-16-12-26(34)13-17-28)20-30(39)29(18-24-8-6-5-7-9-24)35-32(40)31(41-22-38)21-36(3)27-14-10-25(33)11-15-27/h5-17,22-23,29-31,39H,4,18-21,34H2,1-3H3,(H,35,40). The number of nitrogens with zero attached hydrogens (tertiary/aromatic N) is 2. The van der Waals surface area contributed by atoms with E-state index in [4.69, 9.17) is 10.5 Å². The fourth-order valence-corrected chi connectivity index (χ4v) is 5.48. The molecule has 3 rings (SSSR count). The number of carbonyl (C=O) groups excluding carboxylic acids is 2. The van der Waals surface area contributed by atoms with Gasteiger partial charge in [-0.1, -0.05) is 50.6 Å². The summed E-state index contributed by atoms with van der Waals surface area (Å²) in [5.41, 5.74) is 8.14. The number of rotatable bonds is 17. The van der Waals surface area contributed by atoms with Crippen molar-refractivity contribution < 1.29 is 23.8 Å². The quantitative estimate of drug-likeness (QED) is 0.119. The minimum Gasteiger partial charge on any atom is -0.453 e. The molecule has 42 heavy (non-hydrogen) atoms. The smallest absolute Gasteiger partial charge is 0.293 e. The minimum absolute atomic E-state index is 0.0392. The number of hydrogen-bond acceptors (Lipinski definition) is 8. The van der Waals surface area contributed by atoms with Crippen molar-refractivity contribution in [1.29, 1.82) is 0 Å². The lowest BCUT2D eigenvalue weighted by atomic mass is 10.00. The molecule has 226 valence electrons. The van der Waals surface area contributed by atoms with E-state index in [9.17, 15) is 19.1 Å². The number of ether oxygens (including phenoxy) is 1. The van der Waals surface area contributed by atoms with Gasteiger partial charge in [0.2, 0.25) is 0 Å². The predicted molar refractivity (Wildman–Crippen MR) is 166 cm³/mol. The van der Waals surface area contributed by atoms with Gasteiger partial charge in [-0.2, -0.15) is 0 Å². The van der Waals surface area contributed by atoms with E-state index in [1.807, 2.05) is 54.6 Å². The zero-order valence-corrected chi connectivity index (χ0v) is 25.2. The average molecular weight is 597 g/mol. The summed E-state index contributed by atoms with van der Waals surface area (Å²) in [5, 5.41) is 14.5. The summed E-state index contributed by atoms with van der Waals surface area (Å²) in [4.78, 5) is 27.5. The maximum absolute atomic E-state index is 13.5. The molecule has 8 nitrogen and oxygen atoms in total. The summed E-state index contributed by atoms with van der Waals surface area (Å²) in [6.45, 7) is 5.58. The number of anilines is 2. The van der Waals surface area contributed by atoms with E-state index in [0.29, 0.717) is 23.7 Å². The number of halogens is 1. The monoisotopic (exact) mass is 596 g/mol. The first-order valence-corrected chi connectivity index (χ1v) is 14.8. The van der Waals surface area contributed by atoms with Gasteiger partial charge in [0.25, 0.3) is 12.4 Å². The fourth-order valence-electron chi connectivity index (χ4n) is 4.37. The Morgan fingerprint density at radius 1 is 1.05 bits per heavy atom. The Hall–Kier alpha value is -3.60. The lowest BCUT2D eigenvalue weighted by Gasteiger charge is -2.32. The molecule has 4 atom stereocenters. The normalized spacial score (nSPS) is 14.0. The molecule has 4 N–H and O–H groups in total. The van der Waals surface area contributed by atoms with Crippen LogP contribution < -0.4 is 16.0 Å². The number of carbonyl (C=O) groups is 2. The van der Waals surface area contributed by atoms with E-state index in [-0.39, 0.29) is 25.4 Å². The van der Waals surface area contributed by atoms with Crippen LogP contribution in [0.5, 0.6) is 0 Å². The van der Waals surface area contributed by atoms with Crippen molar-refractivity contribution in [3.63, 3.8) is 0 Å². The van der Waals surface area contributed by atoms with Gasteiger partial charge in [-0.3, -0.25) is 9.59 Å². The van der Waals surface area contributed by atoms with Gasteiger partial charge in [-0.05, 0) is 78.4 Å². The van der Waals surface area contributed by atoms with Crippen LogP contribution >= 0.6 is 11.9 Å². The lowest BCUT2D eigenvalue weighted by molar-refractivity contribution is -0.145. The first kappa shape index (κ1) is 32.9. The van der Waals surface area contributed by atoms with E-state index in [1.165, 1.54) is 24.1 Å². The van der Waals surface area contributed by atoms with Crippen LogP contribution in [-0.2, 0) is 20.7 Å². The first-order chi connectivity index (χ1) is 20.2. The number of amides is 1. The molecule has 0 aliphatic carbocycles. The molecule has 1 amide bonds. The van der Waals surface area contributed by atoms with Gasteiger partial charge in [0.15, 0.2) is 6.10 Å². The number of likely N-dealkylation sites (N-methyl/N-ethyl adjacent to an activating group) is 1. The van der Waals surface area contributed by atoms with Crippen LogP contribution in [0.3, 0.4) is 0 Å². The Bertz CT molecular complexity index is 1230. The highest BCUT2D eigenvalue weighted by molar-refractivity contribution is 7.97. The molecule has 0 spiro atoms. The largest absolute Gasteiger partial charge is 0.453 e. The van der Waals surface area contributed by atoms with Crippen LogP contribution in [-0.4, -0.2) is 66.7 Å². The predicted octanol–water partition coefficient (Wildman–Crippen LogP) is 4.53. The first-order valence-electron chi connectivity index (χ1n) is 14.0. The Labute approximate surface area is 252 Å². The van der Waals surface area contributed by atoms with Crippen LogP contribution in [0.1, 0.15) is 25.8 Å². The number of benzene rings is 3. The summed E-state index contributed by atoms with van der Waals surface area (Å²) in [7, 11) is 1.72. The molecule has 3 aromatic carbocycles. The van der Waals surface area contributed by atoms with Crippen LogP contribution in [0.2, 0.25) is 0 Å². The van der Waals surface area contributed by atoms with E-state index < -0.39 is 24.2 Å². The molecule has 10 heteroatoms. The fraction of sp³-hybridized carbons (Fsp3) is 0.375. The topological polar surface area (TPSA) is 108 Å². The average Bonchev–Trinajstić information content (AvgIpc) is 2.98. The highest BCUT2D eigenvalue weighted by Gasteiger charge is 2.30. The zero-order chi connectivity index (χ0) is 30.5. The molecule has 0 radical (unpaired) electrons. The Balaban J connectivity index is 1.78. The number of nitrogen functional groups attached to an aromatic ring is 1. The van der Waals surface area contributed by atoms with Gasteiger partial charge in [-0.15, -0.1) is 0 Å². The molecule has 0 aromatic heterocycles. The van der Waals surface area contributed by atoms with Crippen LogP contribution in [0, 0.1) is 11.7 Å². The summed E-state index contributed by atoms with van der Waals surface area (Å²) >= 11 is 1.53. The summed E-state index contributed by atoms with van der Waals surface area (Å²) in [6, 6.07) is 22.3. The molecule has 0 fully saturated rings. The van der Waals surface area contributed by atoms with Crippen molar-refractivity contribution >= 4 is 35.7 Å². The van der Waals surface area contributed by atoms with Gasteiger partial charge in [0.1, 0.15) is 5.82 Å². The third kappa shape index (κ3) is 10.7. The van der Waals surface area contributed by atoms with Gasteiger partial charge in [-0.25, -0.2) is 8.70 Å². The second-order valence-electron chi connectivity index (χ2n) is 10.5. The van der Waals surface area contributed by atoms with Gasteiger partial charge in [0.05, 0.1) is 18.7 Å². The molecule has 3 aromatic rings. The van der Waals surface area contributed by atoms with Crippen molar-refractivity contribution in [2.75, 3.05) is 37.3 Å². The van der Waals surface area contributed by atoms with E-state index >= 15 is 0 Å². The number of hydrogen-bond donors (Lipinski definition) is 3. The van der Waals surface area contributed by atoms with Gasteiger partial charge >= 0.3 is 0 Å². The van der Waals surface area contributed by atoms with E-state index in [2.05, 4.69) is 23.5 Å². The number of aliphatic hydroxyl groups is 1. The van der Waals surface area contributed by atoms with Crippen molar-refractivity contribution in [3.8, 4) is 0 Å². The molecular weight excluding hydrogens is 555 g/mol. The highest BCUT2D eigenvalue weighted by atomic mass is 32.2. The zero-order valence-electron chi connectivity index (χ0n) is 24.4. The molecule has 0 heterocycles. The van der Waals surface area contributed by atoms with Gasteiger partial charge < -0.3 is 25.8 Å². The SMILES string of the molecule is CCC(C)CN(CC(O)C(Cc1ccccc1)NC(=O)C(CN(C)c1ccc(F)cc1)OC=O)Sc1ccc(N)cc1. The highest BCUT2D eigenvalue weighted by Crippen LogP contribution is 2.26. The number of aliphatic hydroxyl groups excluding tert-OH is 1. The third-order valence-electron chi connectivity index (χ3n) is 7.03. The Kier molecular flexibility index (Phi) is 13.1. The van der Waals surface area contributed by atoms with Crippen molar-refractivity contribution in [2.24, 2.45) is 5.92 Å². The van der Waals surface area contributed by atoms with Crippen molar-refractivity contribution in [3.05, 3.63) is 90.2 Å². The summed E-state index contributed by atoms with van der Waals surface area (Å²) < 4.78 is 20.7. The van der Waals surface area contributed by atoms with Crippen molar-refractivity contribution in [1.82, 2.24) is 9.62 Å². The summed E-state index contributed by atoms with van der Waals surface area (Å²) in [6.07, 6.45) is -0.737. The molecule has 4 unspecified atom stereocenters. The van der Waals surface area contributed by atoms with Crippen LogP contribution in [0.15, 0.2) is 83.8 Å².